The van der Waals surface area contributed by atoms with Gasteiger partial charge in [0.1, 0.15) is 0 Å². The Hall–Kier alpha value is -1.85. The molecule has 2 rings (SSSR count). The maximum atomic E-state index is 10.4. The predicted octanol–water partition coefficient (Wildman–Crippen LogP) is 1.66. The minimum atomic E-state index is -0.938. The average molecular weight is 264 g/mol. The summed E-state index contributed by atoms with van der Waals surface area (Å²) in [5.74, 6) is 1.54. The summed E-state index contributed by atoms with van der Waals surface area (Å²) in [6.07, 6.45) is 2.14. The highest BCUT2D eigenvalue weighted by molar-refractivity contribution is 5.64. The molecule has 0 unspecified atom stereocenters. The van der Waals surface area contributed by atoms with Crippen molar-refractivity contribution >= 4 is 11.9 Å². The molecule has 19 heavy (non-hydrogen) atoms. The number of nitrogens with one attached hydrogen (secondary N) is 1. The van der Waals surface area contributed by atoms with Crippen molar-refractivity contribution in [1.82, 2.24) is 15.5 Å². The summed E-state index contributed by atoms with van der Waals surface area (Å²) in [5, 5.41) is 19.2. The lowest BCUT2D eigenvalue weighted by atomic mass is 9.93. The maximum absolute atomic E-state index is 10.4. The molecule has 0 saturated carbocycles. The molecular formula is C13H20N4O2. The SMILES string of the molecule is Cc1ccc(N2CCC(CCNC(=O)O)CC2)nn1. The smallest absolute Gasteiger partial charge is 0.404 e. The number of hydrogen-bond donors (Lipinski definition) is 2. The molecule has 0 bridgehead atoms. The highest BCUT2D eigenvalue weighted by Crippen LogP contribution is 2.23. The monoisotopic (exact) mass is 264 g/mol. The Morgan fingerprint density at radius 3 is 2.74 bits per heavy atom. The molecule has 1 fully saturated rings. The van der Waals surface area contributed by atoms with Crippen molar-refractivity contribution in [1.29, 1.82) is 0 Å². The highest BCUT2D eigenvalue weighted by Gasteiger charge is 2.20. The molecule has 1 saturated heterocycles. The van der Waals surface area contributed by atoms with Crippen LogP contribution in [0.5, 0.6) is 0 Å². The van der Waals surface area contributed by atoms with Crippen molar-refractivity contribution in [3.05, 3.63) is 17.8 Å². The summed E-state index contributed by atoms with van der Waals surface area (Å²) in [6.45, 7) is 4.41. The third-order valence-corrected chi connectivity index (χ3v) is 3.55. The molecule has 6 nitrogen and oxygen atoms in total. The summed E-state index contributed by atoms with van der Waals surface area (Å²) in [6, 6.07) is 3.99. The number of anilines is 1. The average Bonchev–Trinajstić information content (AvgIpc) is 2.40. The Morgan fingerprint density at radius 1 is 1.42 bits per heavy atom. The molecule has 1 aromatic rings. The summed E-state index contributed by atoms with van der Waals surface area (Å²) in [7, 11) is 0. The first-order valence-corrected chi connectivity index (χ1v) is 6.67. The quantitative estimate of drug-likeness (QED) is 0.864. The van der Waals surface area contributed by atoms with Crippen LogP contribution < -0.4 is 10.2 Å². The standard InChI is InChI=1S/C13H20N4O2/c1-10-2-3-12(16-15-10)17-8-5-11(6-9-17)4-7-14-13(18)19/h2-3,11,14H,4-9H2,1H3,(H,18,19). The van der Waals surface area contributed by atoms with Crippen LogP contribution in [0.15, 0.2) is 12.1 Å². The van der Waals surface area contributed by atoms with Crippen LogP contribution >= 0.6 is 0 Å². The van der Waals surface area contributed by atoms with E-state index in [0.717, 1.165) is 43.9 Å². The molecule has 1 aliphatic heterocycles. The van der Waals surface area contributed by atoms with E-state index in [1.807, 2.05) is 19.1 Å². The first-order valence-electron chi connectivity index (χ1n) is 6.67. The van der Waals surface area contributed by atoms with E-state index in [4.69, 9.17) is 5.11 Å². The van der Waals surface area contributed by atoms with E-state index in [9.17, 15) is 4.79 Å². The lowest BCUT2D eigenvalue weighted by Crippen LogP contribution is -2.35. The van der Waals surface area contributed by atoms with E-state index in [-0.39, 0.29) is 0 Å². The fourth-order valence-electron chi connectivity index (χ4n) is 2.39. The molecule has 0 aromatic carbocycles. The van der Waals surface area contributed by atoms with Gasteiger partial charge in [-0.05, 0) is 44.2 Å². The lowest BCUT2D eigenvalue weighted by molar-refractivity contribution is 0.193. The van der Waals surface area contributed by atoms with Gasteiger partial charge in [0, 0.05) is 19.6 Å². The van der Waals surface area contributed by atoms with Gasteiger partial charge in [-0.1, -0.05) is 0 Å². The molecule has 2 heterocycles. The number of carboxylic acid groups (broad SMARTS) is 1. The number of nitrogens with zero attached hydrogens (tertiary/aromatic N) is 3. The molecule has 1 aromatic heterocycles. The van der Waals surface area contributed by atoms with Gasteiger partial charge < -0.3 is 15.3 Å². The fraction of sp³-hybridized carbons (Fsp3) is 0.615. The van der Waals surface area contributed by atoms with Crippen LogP contribution in [-0.4, -0.2) is 41.0 Å². The molecule has 6 heteroatoms. The van der Waals surface area contributed by atoms with Crippen molar-refractivity contribution in [3.63, 3.8) is 0 Å². The van der Waals surface area contributed by atoms with Gasteiger partial charge >= 0.3 is 6.09 Å². The highest BCUT2D eigenvalue weighted by atomic mass is 16.4. The van der Waals surface area contributed by atoms with E-state index in [1.165, 1.54) is 0 Å². The fourth-order valence-corrected chi connectivity index (χ4v) is 2.39. The second kappa shape index (κ2) is 6.36. The van der Waals surface area contributed by atoms with Crippen molar-refractivity contribution in [2.75, 3.05) is 24.5 Å². The Labute approximate surface area is 112 Å². The lowest BCUT2D eigenvalue weighted by Gasteiger charge is -2.32. The van der Waals surface area contributed by atoms with E-state index >= 15 is 0 Å². The molecular weight excluding hydrogens is 244 g/mol. The van der Waals surface area contributed by atoms with E-state index < -0.39 is 6.09 Å². The first-order chi connectivity index (χ1) is 9.15. The second-order valence-corrected chi connectivity index (χ2v) is 4.98. The number of amides is 1. The van der Waals surface area contributed by atoms with Crippen LogP contribution in [-0.2, 0) is 0 Å². The van der Waals surface area contributed by atoms with E-state index in [2.05, 4.69) is 20.4 Å². The van der Waals surface area contributed by atoms with Crippen molar-refractivity contribution in [3.8, 4) is 0 Å². The topological polar surface area (TPSA) is 78.4 Å². The number of piperidine rings is 1. The number of aromatic nitrogens is 2. The van der Waals surface area contributed by atoms with Gasteiger partial charge in [-0.15, -0.1) is 5.10 Å². The van der Waals surface area contributed by atoms with Crippen molar-refractivity contribution in [2.45, 2.75) is 26.2 Å². The maximum Gasteiger partial charge on any atom is 0.404 e. The van der Waals surface area contributed by atoms with Crippen LogP contribution in [0.3, 0.4) is 0 Å². The van der Waals surface area contributed by atoms with Crippen LogP contribution in [0.1, 0.15) is 25.0 Å². The molecule has 0 atom stereocenters. The van der Waals surface area contributed by atoms with E-state index in [1.54, 1.807) is 0 Å². The second-order valence-electron chi connectivity index (χ2n) is 4.98. The number of carbonyl (C=O) groups is 1. The third-order valence-electron chi connectivity index (χ3n) is 3.55. The molecule has 1 amide bonds. The molecule has 104 valence electrons. The van der Waals surface area contributed by atoms with Gasteiger partial charge in [-0.25, -0.2) is 4.79 Å². The third kappa shape index (κ3) is 4.08. The molecule has 0 aliphatic carbocycles. The number of rotatable bonds is 4. The molecule has 2 N–H and O–H groups in total. The summed E-state index contributed by atoms with van der Waals surface area (Å²) >= 11 is 0. The van der Waals surface area contributed by atoms with Crippen molar-refractivity contribution < 1.29 is 9.90 Å². The normalized spacial score (nSPS) is 16.4. The summed E-state index contributed by atoms with van der Waals surface area (Å²) in [5.41, 5.74) is 0.929. The zero-order valence-corrected chi connectivity index (χ0v) is 11.2. The molecule has 0 spiro atoms. The zero-order chi connectivity index (χ0) is 13.7. The van der Waals surface area contributed by atoms with Gasteiger partial charge in [0.05, 0.1) is 5.69 Å². The Balaban J connectivity index is 1.76. The zero-order valence-electron chi connectivity index (χ0n) is 11.2. The largest absolute Gasteiger partial charge is 0.465 e. The van der Waals surface area contributed by atoms with Gasteiger partial charge in [0.25, 0.3) is 0 Å². The first kappa shape index (κ1) is 13.6. The molecule has 1 aliphatic rings. The molecule has 0 radical (unpaired) electrons. The van der Waals surface area contributed by atoms with Crippen molar-refractivity contribution in [2.24, 2.45) is 5.92 Å². The van der Waals surface area contributed by atoms with Crippen LogP contribution in [0.25, 0.3) is 0 Å². The van der Waals surface area contributed by atoms with Gasteiger partial charge in [0.15, 0.2) is 5.82 Å². The predicted molar refractivity (Wildman–Crippen MR) is 72.4 cm³/mol. The minimum Gasteiger partial charge on any atom is -0.465 e. The van der Waals surface area contributed by atoms with Crippen LogP contribution in [0.2, 0.25) is 0 Å². The summed E-state index contributed by atoms with van der Waals surface area (Å²) in [4.78, 5) is 12.6. The number of hydrogen-bond acceptors (Lipinski definition) is 4. The summed E-state index contributed by atoms with van der Waals surface area (Å²) < 4.78 is 0. The Morgan fingerprint density at radius 2 is 2.16 bits per heavy atom. The number of aryl methyl sites for hydroxylation is 1. The van der Waals surface area contributed by atoms with E-state index in [0.29, 0.717) is 12.5 Å². The van der Waals surface area contributed by atoms with Gasteiger partial charge in [-0.3, -0.25) is 0 Å². The van der Waals surface area contributed by atoms with Gasteiger partial charge in [-0.2, -0.15) is 5.10 Å². The van der Waals surface area contributed by atoms with Gasteiger partial charge in [0.2, 0.25) is 0 Å². The minimum absolute atomic E-state index is 0.546. The van der Waals surface area contributed by atoms with Crippen LogP contribution in [0, 0.1) is 12.8 Å². The van der Waals surface area contributed by atoms with Crippen LogP contribution in [0.4, 0.5) is 10.6 Å². The Bertz CT molecular complexity index is 413. The Kier molecular flexibility index (Phi) is 4.54.